The Balaban J connectivity index is 1.82. The van der Waals surface area contributed by atoms with E-state index in [1.54, 1.807) is 26.0 Å². The number of carbonyl (C=O) groups is 2. The van der Waals surface area contributed by atoms with Gasteiger partial charge in [-0.25, -0.2) is 18.2 Å². The monoisotopic (exact) mass is 426 g/mol. The lowest BCUT2D eigenvalue weighted by molar-refractivity contribution is -0.117. The molecule has 0 aliphatic rings. The maximum Gasteiger partial charge on any atom is 0.321 e. The number of rotatable bonds is 9. The van der Waals surface area contributed by atoms with Crippen LogP contribution in [0.5, 0.6) is 0 Å². The molecule has 2 aromatic heterocycles. The van der Waals surface area contributed by atoms with Crippen LogP contribution in [0.3, 0.4) is 0 Å². The molecule has 11 heteroatoms. The normalized spacial score (nSPS) is 11.4. The van der Waals surface area contributed by atoms with Crippen molar-refractivity contribution in [2.45, 2.75) is 30.3 Å². The van der Waals surface area contributed by atoms with E-state index in [-0.39, 0.29) is 17.2 Å². The van der Waals surface area contributed by atoms with Gasteiger partial charge in [-0.3, -0.25) is 10.1 Å². The molecule has 152 valence electrons. The van der Waals surface area contributed by atoms with E-state index < -0.39 is 22.0 Å². The Bertz CT molecular complexity index is 879. The molecule has 0 saturated heterocycles. The number of hydrogen-bond donors (Lipinski definition) is 2. The lowest BCUT2D eigenvalue weighted by Crippen LogP contribution is -2.39. The van der Waals surface area contributed by atoms with E-state index in [2.05, 4.69) is 15.6 Å². The fourth-order valence-electron chi connectivity index (χ4n) is 2.24. The summed E-state index contributed by atoms with van der Waals surface area (Å²) in [6, 6.07) is 5.76. The van der Waals surface area contributed by atoms with Crippen LogP contribution in [-0.4, -0.2) is 48.5 Å². The van der Waals surface area contributed by atoms with E-state index in [4.69, 9.17) is 4.42 Å². The Morgan fingerprint density at radius 3 is 2.54 bits per heavy atom. The predicted molar refractivity (Wildman–Crippen MR) is 104 cm³/mol. The number of pyridine rings is 1. The number of aromatic nitrogens is 1. The summed E-state index contributed by atoms with van der Waals surface area (Å²) in [6.07, 6.45) is 2.76. The number of urea groups is 1. The minimum atomic E-state index is -3.57. The molecule has 2 aromatic rings. The summed E-state index contributed by atoms with van der Waals surface area (Å²) in [6.45, 7) is 4.45. The van der Waals surface area contributed by atoms with E-state index in [0.717, 1.165) is 11.8 Å². The van der Waals surface area contributed by atoms with Gasteiger partial charge >= 0.3 is 6.03 Å². The average molecular weight is 427 g/mol. The van der Waals surface area contributed by atoms with Crippen molar-refractivity contribution < 1.29 is 22.4 Å². The molecule has 0 aliphatic heterocycles. The smallest absolute Gasteiger partial charge is 0.321 e. The van der Waals surface area contributed by atoms with Crippen molar-refractivity contribution >= 4 is 33.7 Å². The highest BCUT2D eigenvalue weighted by atomic mass is 32.2. The van der Waals surface area contributed by atoms with Crippen LogP contribution >= 0.6 is 11.8 Å². The molecule has 0 saturated carbocycles. The first kappa shape index (κ1) is 21.9. The van der Waals surface area contributed by atoms with Crippen molar-refractivity contribution in [3.8, 4) is 0 Å². The van der Waals surface area contributed by atoms with Crippen molar-refractivity contribution in [1.29, 1.82) is 0 Å². The second-order valence-corrected chi connectivity index (χ2v) is 8.45. The van der Waals surface area contributed by atoms with Crippen LogP contribution in [0.25, 0.3) is 0 Å². The molecule has 0 fully saturated rings. The molecule has 0 radical (unpaired) electrons. The lowest BCUT2D eigenvalue weighted by atomic mass is 10.4. The van der Waals surface area contributed by atoms with Crippen molar-refractivity contribution in [2.75, 3.05) is 18.8 Å². The van der Waals surface area contributed by atoms with Crippen LogP contribution in [0.2, 0.25) is 0 Å². The number of amides is 3. The maximum absolute atomic E-state index is 12.4. The molecule has 2 N–H and O–H groups in total. The largest absolute Gasteiger partial charge is 0.467 e. The molecule has 0 aromatic carbocycles. The highest BCUT2D eigenvalue weighted by Crippen LogP contribution is 2.19. The van der Waals surface area contributed by atoms with Crippen LogP contribution in [-0.2, 0) is 21.4 Å². The summed E-state index contributed by atoms with van der Waals surface area (Å²) in [5, 5.41) is 5.17. The number of carbonyl (C=O) groups excluding carboxylic acids is 2. The predicted octanol–water partition coefficient (Wildman–Crippen LogP) is 1.82. The zero-order valence-corrected chi connectivity index (χ0v) is 17.2. The van der Waals surface area contributed by atoms with Gasteiger partial charge in [0.05, 0.1) is 23.6 Å². The third-order valence-corrected chi connectivity index (χ3v) is 6.64. The van der Waals surface area contributed by atoms with Gasteiger partial charge in [-0.1, -0.05) is 25.6 Å². The van der Waals surface area contributed by atoms with Gasteiger partial charge in [0.15, 0.2) is 0 Å². The van der Waals surface area contributed by atoms with Crippen LogP contribution in [0.15, 0.2) is 51.1 Å². The number of imide groups is 1. The van der Waals surface area contributed by atoms with E-state index >= 15 is 0 Å². The number of nitrogens with zero attached hydrogens (tertiary/aromatic N) is 2. The quantitative estimate of drug-likeness (QED) is 0.587. The third kappa shape index (κ3) is 6.08. The molecule has 2 heterocycles. The number of nitrogens with one attached hydrogen (secondary N) is 2. The zero-order chi connectivity index (χ0) is 20.6. The molecule has 0 aliphatic carbocycles. The van der Waals surface area contributed by atoms with Crippen LogP contribution in [0.4, 0.5) is 4.79 Å². The van der Waals surface area contributed by atoms with Gasteiger partial charge < -0.3 is 9.73 Å². The van der Waals surface area contributed by atoms with Gasteiger partial charge in [-0.05, 0) is 24.3 Å². The molecule has 0 atom stereocenters. The van der Waals surface area contributed by atoms with Gasteiger partial charge in [0.1, 0.15) is 10.7 Å². The standard InChI is InChI=1S/C17H22N4O5S2/c1-3-21(4-2)28(24,25)14-7-8-16(18-11-14)27-12-15(22)20-17(23)19-10-13-6-5-9-26-13/h5-9,11H,3-4,10,12H2,1-2H3,(H2,19,20,22,23). The van der Waals surface area contributed by atoms with Crippen LogP contribution in [0.1, 0.15) is 19.6 Å². The fraction of sp³-hybridized carbons (Fsp3) is 0.353. The number of hydrogen-bond acceptors (Lipinski definition) is 7. The highest BCUT2D eigenvalue weighted by molar-refractivity contribution is 7.99. The number of furan rings is 1. The fourth-order valence-corrected chi connectivity index (χ4v) is 4.29. The average Bonchev–Trinajstić information content (AvgIpc) is 3.19. The SMILES string of the molecule is CCN(CC)S(=O)(=O)c1ccc(SCC(=O)NC(=O)NCc2ccco2)nc1. The summed E-state index contributed by atoms with van der Waals surface area (Å²) >= 11 is 1.10. The van der Waals surface area contributed by atoms with Gasteiger partial charge in [-0.2, -0.15) is 4.31 Å². The van der Waals surface area contributed by atoms with Gasteiger partial charge in [0, 0.05) is 19.3 Å². The topological polar surface area (TPSA) is 122 Å². The van der Waals surface area contributed by atoms with Crippen LogP contribution in [0, 0.1) is 0 Å². The third-order valence-electron chi connectivity index (χ3n) is 3.66. The Labute approximate surface area is 167 Å². The Hall–Kier alpha value is -2.37. The Kier molecular flexibility index (Phi) is 8.03. The highest BCUT2D eigenvalue weighted by Gasteiger charge is 2.21. The summed E-state index contributed by atoms with van der Waals surface area (Å²) in [5.41, 5.74) is 0. The van der Waals surface area contributed by atoms with Gasteiger partial charge in [0.2, 0.25) is 15.9 Å². The molecular formula is C17H22N4O5S2. The molecular weight excluding hydrogens is 404 g/mol. The second-order valence-electron chi connectivity index (χ2n) is 5.52. The number of sulfonamides is 1. The lowest BCUT2D eigenvalue weighted by Gasteiger charge is -2.18. The first-order chi connectivity index (χ1) is 13.4. The first-order valence-corrected chi connectivity index (χ1v) is 11.0. The van der Waals surface area contributed by atoms with Gasteiger partial charge in [0.25, 0.3) is 0 Å². The van der Waals surface area contributed by atoms with E-state index in [9.17, 15) is 18.0 Å². The molecule has 9 nitrogen and oxygen atoms in total. The van der Waals surface area contributed by atoms with E-state index in [1.165, 1.54) is 28.9 Å². The molecule has 28 heavy (non-hydrogen) atoms. The Morgan fingerprint density at radius 2 is 1.96 bits per heavy atom. The minimum Gasteiger partial charge on any atom is -0.467 e. The first-order valence-electron chi connectivity index (χ1n) is 8.55. The summed E-state index contributed by atoms with van der Waals surface area (Å²) in [7, 11) is -3.57. The molecule has 0 unspecified atom stereocenters. The summed E-state index contributed by atoms with van der Waals surface area (Å²) < 4.78 is 31.2. The summed E-state index contributed by atoms with van der Waals surface area (Å²) in [4.78, 5) is 27.7. The van der Waals surface area contributed by atoms with E-state index in [0.29, 0.717) is 23.9 Å². The zero-order valence-electron chi connectivity index (χ0n) is 15.5. The van der Waals surface area contributed by atoms with E-state index in [1.807, 2.05) is 0 Å². The molecule has 3 amide bonds. The van der Waals surface area contributed by atoms with Gasteiger partial charge in [-0.15, -0.1) is 0 Å². The molecule has 2 rings (SSSR count). The second kappa shape index (κ2) is 10.2. The van der Waals surface area contributed by atoms with Crippen LogP contribution < -0.4 is 10.6 Å². The van der Waals surface area contributed by atoms with Crippen molar-refractivity contribution in [3.05, 3.63) is 42.5 Å². The molecule has 0 bridgehead atoms. The number of thioether (sulfide) groups is 1. The Morgan fingerprint density at radius 1 is 1.21 bits per heavy atom. The van der Waals surface area contributed by atoms with Crippen molar-refractivity contribution in [2.24, 2.45) is 0 Å². The van der Waals surface area contributed by atoms with Crippen molar-refractivity contribution in [3.63, 3.8) is 0 Å². The minimum absolute atomic E-state index is 0.0384. The molecule has 0 spiro atoms. The summed E-state index contributed by atoms with van der Waals surface area (Å²) in [5.74, 6) is 0.0352. The maximum atomic E-state index is 12.4. The van der Waals surface area contributed by atoms with Crippen molar-refractivity contribution in [1.82, 2.24) is 19.9 Å².